The highest BCUT2D eigenvalue weighted by molar-refractivity contribution is 9.10. The first kappa shape index (κ1) is 11.3. The van der Waals surface area contributed by atoms with Crippen molar-refractivity contribution in [3.63, 3.8) is 0 Å². The van der Waals surface area contributed by atoms with Gasteiger partial charge in [0.05, 0.1) is 5.56 Å². The van der Waals surface area contributed by atoms with Gasteiger partial charge in [-0.2, -0.15) is 0 Å². The number of alkyl halides is 2. The Hall–Kier alpha value is -0.750. The van der Waals surface area contributed by atoms with Crippen molar-refractivity contribution >= 4 is 38.5 Å². The van der Waals surface area contributed by atoms with Gasteiger partial charge in [0.2, 0.25) is 0 Å². The molecule has 0 unspecified atom stereocenters. The Morgan fingerprint density at radius 1 is 1.64 bits per heavy atom. The van der Waals surface area contributed by atoms with Gasteiger partial charge in [-0.05, 0) is 33.6 Å². The first-order valence-electron chi connectivity index (χ1n) is 3.37. The molecule has 0 bridgehead atoms. The number of hydrogen-bond acceptors (Lipinski definition) is 3. The highest BCUT2D eigenvalue weighted by Gasteiger charge is 2.18. The predicted octanol–water partition coefficient (Wildman–Crippen LogP) is 2.74. The summed E-state index contributed by atoms with van der Waals surface area (Å²) >= 11 is 8.01. The molecule has 0 amide bonds. The molecule has 14 heavy (non-hydrogen) atoms. The highest BCUT2D eigenvalue weighted by Crippen LogP contribution is 2.27. The topological polar surface area (TPSA) is 56.0 Å². The lowest BCUT2D eigenvalue weighted by molar-refractivity contribution is 0.108. The van der Waals surface area contributed by atoms with Crippen molar-refractivity contribution in [2.24, 2.45) is 0 Å². The summed E-state index contributed by atoms with van der Waals surface area (Å²) in [6.07, 6.45) is -2.74. The van der Waals surface area contributed by atoms with Crippen LogP contribution in [-0.4, -0.2) is 10.2 Å². The van der Waals surface area contributed by atoms with Crippen LogP contribution in [0.2, 0.25) is 0 Å². The molecule has 1 aromatic rings. The van der Waals surface area contributed by atoms with Crippen molar-refractivity contribution in [3.8, 4) is 0 Å². The van der Waals surface area contributed by atoms with Gasteiger partial charge < -0.3 is 5.73 Å². The summed E-state index contributed by atoms with van der Waals surface area (Å²) in [4.78, 5) is 14.2. The number of carbonyl (C=O) groups is 1. The van der Waals surface area contributed by atoms with Gasteiger partial charge in [0.25, 0.3) is 11.7 Å². The Labute approximate surface area is 91.4 Å². The van der Waals surface area contributed by atoms with Crippen molar-refractivity contribution < 1.29 is 13.6 Å². The fourth-order valence-corrected chi connectivity index (χ4v) is 1.78. The summed E-state index contributed by atoms with van der Waals surface area (Å²) in [5, 5.41) is -0.845. The molecule has 1 heterocycles. The number of pyridine rings is 1. The van der Waals surface area contributed by atoms with Crippen LogP contribution in [-0.2, 0) is 0 Å². The van der Waals surface area contributed by atoms with Crippen molar-refractivity contribution in [2.75, 3.05) is 5.73 Å². The smallest absolute Gasteiger partial charge is 0.280 e. The molecule has 0 spiro atoms. The second kappa shape index (κ2) is 4.18. The van der Waals surface area contributed by atoms with Crippen LogP contribution in [0.5, 0.6) is 0 Å². The van der Waals surface area contributed by atoms with Crippen molar-refractivity contribution in [2.45, 2.75) is 6.43 Å². The number of nitrogens with two attached hydrogens (primary N) is 1. The summed E-state index contributed by atoms with van der Waals surface area (Å²) in [6.45, 7) is 0. The van der Waals surface area contributed by atoms with Crippen LogP contribution in [0.1, 0.15) is 22.5 Å². The van der Waals surface area contributed by atoms with E-state index in [0.717, 1.165) is 6.07 Å². The Bertz CT molecular complexity index is 363. The van der Waals surface area contributed by atoms with Crippen LogP contribution in [0.4, 0.5) is 14.5 Å². The molecule has 3 nitrogen and oxygen atoms in total. The predicted molar refractivity (Wildman–Crippen MR) is 51.5 cm³/mol. The monoisotopic (exact) mass is 284 g/mol. The van der Waals surface area contributed by atoms with E-state index in [1.54, 1.807) is 0 Å². The molecule has 0 aliphatic heterocycles. The second-order valence-corrected chi connectivity index (χ2v) is 3.47. The summed E-state index contributed by atoms with van der Waals surface area (Å²) in [5.41, 5.74) is 4.62. The molecule has 0 saturated carbocycles. The van der Waals surface area contributed by atoms with Crippen molar-refractivity contribution in [1.29, 1.82) is 0 Å². The van der Waals surface area contributed by atoms with Crippen LogP contribution in [0.3, 0.4) is 0 Å². The van der Waals surface area contributed by atoms with E-state index >= 15 is 0 Å². The molecule has 0 fully saturated rings. The minimum Gasteiger partial charge on any atom is -0.398 e. The van der Waals surface area contributed by atoms with E-state index in [1.807, 2.05) is 0 Å². The largest absolute Gasteiger partial charge is 0.398 e. The van der Waals surface area contributed by atoms with Crippen LogP contribution >= 0.6 is 27.5 Å². The van der Waals surface area contributed by atoms with E-state index in [-0.39, 0.29) is 15.9 Å². The molecule has 0 aromatic carbocycles. The lowest BCUT2D eigenvalue weighted by Crippen LogP contribution is -2.04. The summed E-state index contributed by atoms with van der Waals surface area (Å²) in [5.74, 6) is 0. The van der Waals surface area contributed by atoms with Gasteiger partial charge in [-0.15, -0.1) is 0 Å². The normalized spacial score (nSPS) is 10.6. The Balaban J connectivity index is 3.32. The third-order valence-corrected chi connectivity index (χ3v) is 2.21. The third-order valence-electron chi connectivity index (χ3n) is 1.45. The maximum Gasteiger partial charge on any atom is 0.280 e. The average molecular weight is 285 g/mol. The Morgan fingerprint density at radius 2 is 2.21 bits per heavy atom. The molecule has 1 rings (SSSR count). The lowest BCUT2D eigenvalue weighted by atomic mass is 10.2. The minimum atomic E-state index is -2.74. The summed E-state index contributed by atoms with van der Waals surface area (Å²) in [7, 11) is 0. The number of aromatic nitrogens is 1. The number of rotatable bonds is 2. The van der Waals surface area contributed by atoms with Crippen LogP contribution in [0.25, 0.3) is 0 Å². The Kier molecular flexibility index (Phi) is 3.38. The number of hydrogen-bond donors (Lipinski definition) is 1. The molecule has 0 aliphatic carbocycles. The van der Waals surface area contributed by atoms with Gasteiger partial charge >= 0.3 is 0 Å². The first-order chi connectivity index (χ1) is 6.43. The van der Waals surface area contributed by atoms with E-state index < -0.39 is 17.4 Å². The second-order valence-electron chi connectivity index (χ2n) is 2.38. The molecule has 0 aliphatic rings. The third kappa shape index (κ3) is 2.19. The minimum absolute atomic E-state index is 0.0761. The van der Waals surface area contributed by atoms with Gasteiger partial charge in [0.15, 0.2) is 0 Å². The zero-order valence-electron chi connectivity index (χ0n) is 6.60. The molecule has 2 N–H and O–H groups in total. The van der Waals surface area contributed by atoms with E-state index in [4.69, 9.17) is 17.3 Å². The standard InChI is InChI=1S/C7H4BrClF2N2O/c8-5-4(6(9)14)2(12)1-3(13-5)7(10)11/h1,7H,(H2,12,13). The van der Waals surface area contributed by atoms with E-state index in [1.165, 1.54) is 0 Å². The number of carbonyl (C=O) groups excluding carboxylic acids is 1. The first-order valence-corrected chi connectivity index (χ1v) is 4.54. The van der Waals surface area contributed by atoms with Gasteiger partial charge in [-0.3, -0.25) is 4.79 Å². The molecule has 0 atom stereocenters. The Morgan fingerprint density at radius 3 is 2.57 bits per heavy atom. The molecule has 7 heteroatoms. The zero-order chi connectivity index (χ0) is 10.9. The van der Waals surface area contributed by atoms with Crippen LogP contribution < -0.4 is 5.73 Å². The number of anilines is 1. The number of nitrogen functional groups attached to an aromatic ring is 1. The maximum absolute atomic E-state index is 12.2. The highest BCUT2D eigenvalue weighted by atomic mass is 79.9. The van der Waals surface area contributed by atoms with Gasteiger partial charge in [-0.1, -0.05) is 0 Å². The summed E-state index contributed by atoms with van der Waals surface area (Å²) < 4.78 is 24.3. The quantitative estimate of drug-likeness (QED) is 0.671. The maximum atomic E-state index is 12.2. The number of nitrogens with zero attached hydrogens (tertiary/aromatic N) is 1. The number of halogens is 4. The molecule has 0 saturated heterocycles. The molecule has 76 valence electrons. The molecular weight excluding hydrogens is 281 g/mol. The van der Waals surface area contributed by atoms with Crippen molar-refractivity contribution in [3.05, 3.63) is 21.9 Å². The molecular formula is C7H4BrClF2N2O. The lowest BCUT2D eigenvalue weighted by Gasteiger charge is -2.06. The van der Waals surface area contributed by atoms with Gasteiger partial charge in [-0.25, -0.2) is 13.8 Å². The van der Waals surface area contributed by atoms with Crippen molar-refractivity contribution in [1.82, 2.24) is 4.98 Å². The van der Waals surface area contributed by atoms with Crippen LogP contribution in [0.15, 0.2) is 10.7 Å². The summed E-state index contributed by atoms with van der Waals surface area (Å²) in [6, 6.07) is 0.922. The molecule has 0 radical (unpaired) electrons. The van der Waals surface area contributed by atoms with Gasteiger partial charge in [0.1, 0.15) is 10.3 Å². The van der Waals surface area contributed by atoms with E-state index in [2.05, 4.69) is 20.9 Å². The van der Waals surface area contributed by atoms with E-state index in [0.29, 0.717) is 0 Å². The SMILES string of the molecule is Nc1cc(C(F)F)nc(Br)c1C(=O)Cl. The fourth-order valence-electron chi connectivity index (χ4n) is 0.858. The van der Waals surface area contributed by atoms with Gasteiger partial charge in [0, 0.05) is 5.69 Å². The molecule has 1 aromatic heterocycles. The fraction of sp³-hybridized carbons (Fsp3) is 0.143. The van der Waals surface area contributed by atoms with Crippen LogP contribution in [0, 0.1) is 0 Å². The average Bonchev–Trinajstić information content (AvgIpc) is 2.01. The van der Waals surface area contributed by atoms with E-state index in [9.17, 15) is 13.6 Å². The zero-order valence-corrected chi connectivity index (χ0v) is 8.94.